The van der Waals surface area contributed by atoms with Gasteiger partial charge in [-0.15, -0.1) is 0 Å². The van der Waals surface area contributed by atoms with Gasteiger partial charge in [0.2, 0.25) is 5.91 Å². The van der Waals surface area contributed by atoms with Crippen LogP contribution < -0.4 is 10.2 Å². The standard InChI is InChI=1S/C15H18BrN3O/c1-11(20)17-7-3-9-19(2)15-6-8-18-14-5-4-12(16)10-13(14)15/h4-6,8,10H,3,7,9H2,1-2H3,(H,17,20). The smallest absolute Gasteiger partial charge is 0.216 e. The summed E-state index contributed by atoms with van der Waals surface area (Å²) in [6.07, 6.45) is 2.74. The zero-order valence-electron chi connectivity index (χ0n) is 11.7. The zero-order chi connectivity index (χ0) is 14.5. The summed E-state index contributed by atoms with van der Waals surface area (Å²) in [6.45, 7) is 3.12. The number of hydrogen-bond acceptors (Lipinski definition) is 3. The summed E-state index contributed by atoms with van der Waals surface area (Å²) >= 11 is 3.50. The van der Waals surface area contributed by atoms with E-state index in [1.807, 2.05) is 24.4 Å². The van der Waals surface area contributed by atoms with Crippen LogP contribution in [0.3, 0.4) is 0 Å². The molecule has 2 rings (SSSR count). The van der Waals surface area contributed by atoms with Crippen molar-refractivity contribution in [2.75, 3.05) is 25.0 Å². The van der Waals surface area contributed by atoms with Crippen molar-refractivity contribution in [3.05, 3.63) is 34.9 Å². The van der Waals surface area contributed by atoms with Gasteiger partial charge in [-0.25, -0.2) is 0 Å². The molecule has 0 atom stereocenters. The van der Waals surface area contributed by atoms with Crippen molar-refractivity contribution in [3.63, 3.8) is 0 Å². The molecule has 20 heavy (non-hydrogen) atoms. The van der Waals surface area contributed by atoms with Crippen LogP contribution in [0.2, 0.25) is 0 Å². The number of hydrogen-bond donors (Lipinski definition) is 1. The second-order valence-electron chi connectivity index (χ2n) is 4.75. The van der Waals surface area contributed by atoms with Crippen LogP contribution in [-0.4, -0.2) is 31.0 Å². The van der Waals surface area contributed by atoms with Crippen molar-refractivity contribution in [2.45, 2.75) is 13.3 Å². The van der Waals surface area contributed by atoms with Crippen LogP contribution in [0, 0.1) is 0 Å². The number of carbonyl (C=O) groups is 1. The van der Waals surface area contributed by atoms with E-state index >= 15 is 0 Å². The SMILES string of the molecule is CC(=O)NCCCN(C)c1ccnc2ccc(Br)cc12. The molecule has 0 aliphatic heterocycles. The summed E-state index contributed by atoms with van der Waals surface area (Å²) in [6, 6.07) is 8.11. The van der Waals surface area contributed by atoms with Crippen LogP contribution in [0.5, 0.6) is 0 Å². The van der Waals surface area contributed by atoms with Crippen molar-refractivity contribution >= 4 is 38.4 Å². The average Bonchev–Trinajstić information content (AvgIpc) is 2.42. The first-order valence-corrected chi connectivity index (χ1v) is 7.37. The largest absolute Gasteiger partial charge is 0.374 e. The number of halogens is 1. The van der Waals surface area contributed by atoms with Crippen LogP contribution in [0.1, 0.15) is 13.3 Å². The summed E-state index contributed by atoms with van der Waals surface area (Å²) in [5, 5.41) is 3.94. The van der Waals surface area contributed by atoms with E-state index in [0.717, 1.165) is 34.0 Å². The maximum absolute atomic E-state index is 10.8. The number of nitrogens with zero attached hydrogens (tertiary/aromatic N) is 2. The van der Waals surface area contributed by atoms with E-state index < -0.39 is 0 Å². The molecular weight excluding hydrogens is 318 g/mol. The predicted octanol–water partition coefficient (Wildman–Crippen LogP) is 2.96. The fourth-order valence-electron chi connectivity index (χ4n) is 2.14. The number of carbonyl (C=O) groups excluding carboxylic acids is 1. The van der Waals surface area contributed by atoms with Crippen LogP contribution >= 0.6 is 15.9 Å². The number of amides is 1. The van der Waals surface area contributed by atoms with Gasteiger partial charge in [-0.1, -0.05) is 15.9 Å². The molecule has 1 aromatic heterocycles. The molecule has 0 saturated carbocycles. The van der Waals surface area contributed by atoms with Crippen molar-refractivity contribution in [3.8, 4) is 0 Å². The predicted molar refractivity (Wildman–Crippen MR) is 86.0 cm³/mol. The topological polar surface area (TPSA) is 45.2 Å². The normalized spacial score (nSPS) is 10.6. The van der Waals surface area contributed by atoms with E-state index in [1.54, 1.807) is 0 Å². The van der Waals surface area contributed by atoms with Crippen LogP contribution in [-0.2, 0) is 4.79 Å². The first-order chi connectivity index (χ1) is 9.58. The molecule has 0 unspecified atom stereocenters. The Kier molecular flexibility index (Phi) is 4.95. The Morgan fingerprint density at radius 3 is 2.95 bits per heavy atom. The van der Waals surface area contributed by atoms with Gasteiger partial charge in [0.1, 0.15) is 0 Å². The van der Waals surface area contributed by atoms with Gasteiger partial charge in [-0.2, -0.15) is 0 Å². The van der Waals surface area contributed by atoms with Gasteiger partial charge in [0.25, 0.3) is 0 Å². The molecule has 0 aliphatic rings. The molecule has 0 fully saturated rings. The Bertz CT molecular complexity index is 615. The van der Waals surface area contributed by atoms with Gasteiger partial charge in [-0.05, 0) is 30.7 Å². The lowest BCUT2D eigenvalue weighted by Crippen LogP contribution is -2.26. The van der Waals surface area contributed by atoms with Crippen molar-refractivity contribution in [1.82, 2.24) is 10.3 Å². The highest BCUT2D eigenvalue weighted by Crippen LogP contribution is 2.27. The molecule has 1 N–H and O–H groups in total. The number of fused-ring (bicyclic) bond motifs is 1. The first kappa shape index (κ1) is 14.8. The number of pyridine rings is 1. The molecule has 4 nitrogen and oxygen atoms in total. The van der Waals surface area contributed by atoms with Gasteiger partial charge in [0, 0.05) is 48.8 Å². The highest BCUT2D eigenvalue weighted by molar-refractivity contribution is 9.10. The fourth-order valence-corrected chi connectivity index (χ4v) is 2.50. The Morgan fingerprint density at radius 1 is 1.40 bits per heavy atom. The molecule has 0 aliphatic carbocycles. The first-order valence-electron chi connectivity index (χ1n) is 6.58. The molecule has 1 amide bonds. The van der Waals surface area contributed by atoms with Crippen LogP contribution in [0.15, 0.2) is 34.9 Å². The summed E-state index contributed by atoms with van der Waals surface area (Å²) in [5.41, 5.74) is 2.14. The Balaban J connectivity index is 2.11. The van der Waals surface area contributed by atoms with Gasteiger partial charge in [0.15, 0.2) is 0 Å². The molecule has 2 aromatic rings. The molecule has 1 aromatic carbocycles. The molecule has 106 valence electrons. The lowest BCUT2D eigenvalue weighted by atomic mass is 10.1. The molecule has 0 spiro atoms. The number of benzene rings is 1. The van der Waals surface area contributed by atoms with Crippen LogP contribution in [0.25, 0.3) is 10.9 Å². The van der Waals surface area contributed by atoms with E-state index in [0.29, 0.717) is 6.54 Å². The minimum Gasteiger partial charge on any atom is -0.374 e. The Hall–Kier alpha value is -1.62. The highest BCUT2D eigenvalue weighted by Gasteiger charge is 2.07. The summed E-state index contributed by atoms with van der Waals surface area (Å²) in [5.74, 6) is 0.0194. The van der Waals surface area contributed by atoms with E-state index in [1.165, 1.54) is 6.92 Å². The second kappa shape index (κ2) is 6.70. The zero-order valence-corrected chi connectivity index (χ0v) is 13.3. The monoisotopic (exact) mass is 335 g/mol. The van der Waals surface area contributed by atoms with Crippen molar-refractivity contribution in [1.29, 1.82) is 0 Å². The van der Waals surface area contributed by atoms with Gasteiger partial charge < -0.3 is 10.2 Å². The summed E-state index contributed by atoms with van der Waals surface area (Å²) in [4.78, 5) is 17.4. The number of anilines is 1. The van der Waals surface area contributed by atoms with E-state index in [9.17, 15) is 4.79 Å². The van der Waals surface area contributed by atoms with E-state index in [-0.39, 0.29) is 5.91 Å². The summed E-state index contributed by atoms with van der Waals surface area (Å²) < 4.78 is 1.05. The third kappa shape index (κ3) is 3.70. The molecule has 0 bridgehead atoms. The highest BCUT2D eigenvalue weighted by atomic mass is 79.9. The van der Waals surface area contributed by atoms with Crippen molar-refractivity contribution < 1.29 is 4.79 Å². The number of nitrogens with one attached hydrogen (secondary N) is 1. The molecule has 1 heterocycles. The van der Waals surface area contributed by atoms with E-state index in [4.69, 9.17) is 0 Å². The third-order valence-electron chi connectivity index (χ3n) is 3.14. The maximum Gasteiger partial charge on any atom is 0.216 e. The Morgan fingerprint density at radius 2 is 2.20 bits per heavy atom. The van der Waals surface area contributed by atoms with E-state index in [2.05, 4.69) is 44.2 Å². The lowest BCUT2D eigenvalue weighted by Gasteiger charge is -2.21. The molecular formula is C15H18BrN3O. The third-order valence-corrected chi connectivity index (χ3v) is 3.63. The average molecular weight is 336 g/mol. The second-order valence-corrected chi connectivity index (χ2v) is 5.67. The fraction of sp³-hybridized carbons (Fsp3) is 0.333. The lowest BCUT2D eigenvalue weighted by molar-refractivity contribution is -0.118. The number of rotatable bonds is 5. The Labute approximate surface area is 127 Å². The van der Waals surface area contributed by atoms with Gasteiger partial charge >= 0.3 is 0 Å². The van der Waals surface area contributed by atoms with Crippen molar-refractivity contribution in [2.24, 2.45) is 0 Å². The molecule has 0 radical (unpaired) electrons. The minimum absolute atomic E-state index is 0.0194. The van der Waals surface area contributed by atoms with Gasteiger partial charge in [-0.3, -0.25) is 9.78 Å². The summed E-state index contributed by atoms with van der Waals surface area (Å²) in [7, 11) is 2.06. The maximum atomic E-state index is 10.8. The minimum atomic E-state index is 0.0194. The molecule has 5 heteroatoms. The van der Waals surface area contributed by atoms with Crippen LogP contribution in [0.4, 0.5) is 5.69 Å². The molecule has 0 saturated heterocycles. The van der Waals surface area contributed by atoms with Gasteiger partial charge in [0.05, 0.1) is 5.52 Å². The number of aromatic nitrogens is 1. The quantitative estimate of drug-likeness (QED) is 0.854.